The number of halogens is 1. The number of rotatable bonds is 8. The van der Waals surface area contributed by atoms with Crippen molar-refractivity contribution in [2.75, 3.05) is 32.8 Å². The van der Waals surface area contributed by atoms with Crippen molar-refractivity contribution >= 4 is 11.6 Å². The van der Waals surface area contributed by atoms with Crippen molar-refractivity contribution in [2.45, 2.75) is 33.0 Å². The Morgan fingerprint density at radius 3 is 2.57 bits per heavy atom. The van der Waals surface area contributed by atoms with Gasteiger partial charge in [-0.15, -0.1) is 0 Å². The topological polar surface area (TPSA) is 30.9 Å². The highest BCUT2D eigenvalue weighted by Gasteiger charge is 2.36. The van der Waals surface area contributed by atoms with Crippen LogP contribution < -0.4 is 9.47 Å². The fourth-order valence-electron chi connectivity index (χ4n) is 2.33. The van der Waals surface area contributed by atoms with Gasteiger partial charge >= 0.3 is 0 Å². The Bertz CT molecular complexity index is 465. The lowest BCUT2D eigenvalue weighted by atomic mass is 10.2. The predicted octanol–water partition coefficient (Wildman–Crippen LogP) is 3.58. The second-order valence-electron chi connectivity index (χ2n) is 5.32. The number of fused-ring (bicyclic) bond motifs is 1. The third kappa shape index (κ3) is 4.50. The van der Waals surface area contributed by atoms with Gasteiger partial charge in [-0.05, 0) is 25.2 Å². The van der Waals surface area contributed by atoms with Gasteiger partial charge in [-0.25, -0.2) is 0 Å². The standard InChI is InChI=1S/C16H24ClNO3/c1-4-18(5-2)9-11-19-10-8-16(3)20-14-7-6-13(17)12-15(14)21-16/h6-7,12H,4-5,8-11H2,1-3H3. The van der Waals surface area contributed by atoms with E-state index in [4.69, 9.17) is 25.8 Å². The monoisotopic (exact) mass is 313 g/mol. The molecule has 21 heavy (non-hydrogen) atoms. The molecule has 0 saturated carbocycles. The highest BCUT2D eigenvalue weighted by atomic mass is 35.5. The summed E-state index contributed by atoms with van der Waals surface area (Å²) in [6, 6.07) is 5.42. The van der Waals surface area contributed by atoms with Crippen LogP contribution in [0.25, 0.3) is 0 Å². The van der Waals surface area contributed by atoms with E-state index in [2.05, 4.69) is 18.7 Å². The van der Waals surface area contributed by atoms with Crippen LogP contribution in [0.15, 0.2) is 18.2 Å². The van der Waals surface area contributed by atoms with Crippen molar-refractivity contribution in [1.82, 2.24) is 4.90 Å². The van der Waals surface area contributed by atoms with Crippen molar-refractivity contribution in [3.8, 4) is 11.5 Å². The van der Waals surface area contributed by atoms with Crippen molar-refractivity contribution < 1.29 is 14.2 Å². The van der Waals surface area contributed by atoms with Crippen LogP contribution in [0, 0.1) is 0 Å². The van der Waals surface area contributed by atoms with Gasteiger partial charge in [0.1, 0.15) is 0 Å². The van der Waals surface area contributed by atoms with E-state index in [1.54, 1.807) is 12.1 Å². The van der Waals surface area contributed by atoms with Crippen LogP contribution in [-0.2, 0) is 4.74 Å². The first-order valence-corrected chi connectivity index (χ1v) is 7.92. The molecule has 118 valence electrons. The van der Waals surface area contributed by atoms with Gasteiger partial charge in [-0.2, -0.15) is 0 Å². The minimum atomic E-state index is -0.664. The Morgan fingerprint density at radius 1 is 1.14 bits per heavy atom. The number of hydrogen-bond donors (Lipinski definition) is 0. The van der Waals surface area contributed by atoms with Gasteiger partial charge in [0.05, 0.1) is 13.2 Å². The number of likely N-dealkylation sites (N-methyl/N-ethyl adjacent to an activating group) is 1. The summed E-state index contributed by atoms with van der Waals surface area (Å²) >= 11 is 5.95. The Kier molecular flexibility index (Phi) is 5.73. The molecule has 1 aliphatic rings. The van der Waals surface area contributed by atoms with E-state index in [0.29, 0.717) is 23.8 Å². The maximum absolute atomic E-state index is 5.95. The molecule has 1 unspecified atom stereocenters. The minimum absolute atomic E-state index is 0.611. The smallest absolute Gasteiger partial charge is 0.251 e. The Hall–Kier alpha value is -0.970. The van der Waals surface area contributed by atoms with Gasteiger partial charge in [0.25, 0.3) is 5.79 Å². The molecular weight excluding hydrogens is 290 g/mol. The summed E-state index contributed by atoms with van der Waals surface area (Å²) in [7, 11) is 0. The molecule has 0 amide bonds. The highest BCUT2D eigenvalue weighted by Crippen LogP contribution is 2.41. The summed E-state index contributed by atoms with van der Waals surface area (Å²) in [6.07, 6.45) is 0.678. The molecule has 0 fully saturated rings. The van der Waals surface area contributed by atoms with E-state index in [0.717, 1.165) is 32.0 Å². The lowest BCUT2D eigenvalue weighted by Crippen LogP contribution is -2.36. The van der Waals surface area contributed by atoms with Gasteiger partial charge in [0.2, 0.25) is 0 Å². The number of ether oxygens (including phenoxy) is 3. The van der Waals surface area contributed by atoms with Crippen LogP contribution >= 0.6 is 11.6 Å². The van der Waals surface area contributed by atoms with E-state index < -0.39 is 5.79 Å². The normalized spacial score (nSPS) is 20.2. The molecule has 4 nitrogen and oxygen atoms in total. The summed E-state index contributed by atoms with van der Waals surface area (Å²) in [5.41, 5.74) is 0. The molecule has 1 aromatic rings. The Labute approximate surface area is 131 Å². The zero-order valence-electron chi connectivity index (χ0n) is 13.0. The third-order valence-corrected chi connectivity index (χ3v) is 3.94. The van der Waals surface area contributed by atoms with Crippen molar-refractivity contribution in [3.63, 3.8) is 0 Å². The first-order chi connectivity index (χ1) is 10.1. The molecule has 0 bridgehead atoms. The second-order valence-corrected chi connectivity index (χ2v) is 5.75. The summed E-state index contributed by atoms with van der Waals surface area (Å²) < 4.78 is 17.4. The van der Waals surface area contributed by atoms with Gasteiger partial charge in [0.15, 0.2) is 11.5 Å². The quantitative estimate of drug-likeness (QED) is 0.686. The van der Waals surface area contributed by atoms with Crippen molar-refractivity contribution in [2.24, 2.45) is 0 Å². The third-order valence-electron chi connectivity index (χ3n) is 3.70. The maximum Gasteiger partial charge on any atom is 0.251 e. The Morgan fingerprint density at radius 2 is 1.86 bits per heavy atom. The molecule has 0 spiro atoms. The summed E-state index contributed by atoms with van der Waals surface area (Å²) in [6.45, 7) is 10.7. The average Bonchev–Trinajstić information content (AvgIpc) is 2.78. The number of benzene rings is 1. The predicted molar refractivity (Wildman–Crippen MR) is 84.3 cm³/mol. The van der Waals surface area contributed by atoms with E-state index in [-0.39, 0.29) is 0 Å². The lowest BCUT2D eigenvalue weighted by Gasteiger charge is -2.23. The second kappa shape index (κ2) is 7.34. The first-order valence-electron chi connectivity index (χ1n) is 7.54. The van der Waals surface area contributed by atoms with Crippen LogP contribution in [0.4, 0.5) is 0 Å². The van der Waals surface area contributed by atoms with Crippen molar-refractivity contribution in [1.29, 1.82) is 0 Å². The van der Waals surface area contributed by atoms with Gasteiger partial charge in [-0.1, -0.05) is 25.4 Å². The molecule has 1 aliphatic heterocycles. The molecule has 0 N–H and O–H groups in total. The van der Waals surface area contributed by atoms with E-state index in [9.17, 15) is 0 Å². The summed E-state index contributed by atoms with van der Waals surface area (Å²) in [5.74, 6) is 0.778. The van der Waals surface area contributed by atoms with Crippen LogP contribution in [0.1, 0.15) is 27.2 Å². The summed E-state index contributed by atoms with van der Waals surface area (Å²) in [4.78, 5) is 2.34. The molecule has 1 atom stereocenters. The minimum Gasteiger partial charge on any atom is -0.449 e. The largest absolute Gasteiger partial charge is 0.449 e. The van der Waals surface area contributed by atoms with E-state index >= 15 is 0 Å². The lowest BCUT2D eigenvalue weighted by molar-refractivity contribution is -0.0841. The molecule has 0 aromatic heterocycles. The Balaban J connectivity index is 1.72. The first kappa shape index (κ1) is 16.4. The van der Waals surface area contributed by atoms with Crippen LogP contribution in [0.2, 0.25) is 5.02 Å². The van der Waals surface area contributed by atoms with Gasteiger partial charge in [0, 0.05) is 31.0 Å². The zero-order valence-corrected chi connectivity index (χ0v) is 13.8. The SMILES string of the molecule is CCN(CC)CCOCCC1(C)Oc2ccc(Cl)cc2O1. The molecule has 1 heterocycles. The van der Waals surface area contributed by atoms with Crippen LogP contribution in [-0.4, -0.2) is 43.5 Å². The molecule has 1 aromatic carbocycles. The van der Waals surface area contributed by atoms with Crippen LogP contribution in [0.5, 0.6) is 11.5 Å². The fourth-order valence-corrected chi connectivity index (χ4v) is 2.49. The number of hydrogen-bond acceptors (Lipinski definition) is 4. The molecule has 0 saturated heterocycles. The van der Waals surface area contributed by atoms with E-state index in [1.807, 2.05) is 13.0 Å². The van der Waals surface area contributed by atoms with Gasteiger partial charge in [-0.3, -0.25) is 0 Å². The molecule has 2 rings (SSSR count). The highest BCUT2D eigenvalue weighted by molar-refractivity contribution is 6.30. The van der Waals surface area contributed by atoms with Crippen molar-refractivity contribution in [3.05, 3.63) is 23.2 Å². The van der Waals surface area contributed by atoms with Crippen LogP contribution in [0.3, 0.4) is 0 Å². The molecule has 0 radical (unpaired) electrons. The molecule has 0 aliphatic carbocycles. The maximum atomic E-state index is 5.95. The zero-order chi connectivity index (χ0) is 15.3. The fraction of sp³-hybridized carbons (Fsp3) is 0.625. The summed E-state index contributed by atoms with van der Waals surface area (Å²) in [5, 5.41) is 0.650. The van der Waals surface area contributed by atoms with Gasteiger partial charge < -0.3 is 19.1 Å². The molecular formula is C16H24ClNO3. The number of nitrogens with zero attached hydrogens (tertiary/aromatic N) is 1. The molecule has 5 heteroatoms. The average molecular weight is 314 g/mol. The van der Waals surface area contributed by atoms with E-state index in [1.165, 1.54) is 0 Å².